The fourth-order valence-corrected chi connectivity index (χ4v) is 2.56. The summed E-state index contributed by atoms with van der Waals surface area (Å²) in [4.78, 5) is 13.5. The minimum absolute atomic E-state index is 0.531. The Morgan fingerprint density at radius 1 is 1.30 bits per heavy atom. The van der Waals surface area contributed by atoms with Gasteiger partial charge in [-0.05, 0) is 57.0 Å². The van der Waals surface area contributed by atoms with Crippen molar-refractivity contribution >= 4 is 5.97 Å². The molecule has 0 aromatic heterocycles. The molecule has 4 heteroatoms. The monoisotopic (exact) mass is 277 g/mol. The maximum absolute atomic E-state index is 11.2. The molecule has 110 valence electrons. The van der Waals surface area contributed by atoms with Crippen molar-refractivity contribution in [2.45, 2.75) is 26.2 Å². The Labute approximate surface area is 120 Å². The average molecular weight is 277 g/mol. The van der Waals surface area contributed by atoms with E-state index in [0.717, 1.165) is 44.6 Å². The predicted octanol–water partition coefficient (Wildman–Crippen LogP) is 2.42. The molecule has 0 atom stereocenters. The van der Waals surface area contributed by atoms with E-state index in [2.05, 4.69) is 17.0 Å². The van der Waals surface area contributed by atoms with Gasteiger partial charge in [0.25, 0.3) is 0 Å². The van der Waals surface area contributed by atoms with Crippen molar-refractivity contribution in [3.8, 4) is 5.75 Å². The van der Waals surface area contributed by atoms with Crippen LogP contribution >= 0.6 is 0 Å². The molecule has 0 aliphatic carbocycles. The van der Waals surface area contributed by atoms with E-state index in [4.69, 9.17) is 4.74 Å². The summed E-state index contributed by atoms with van der Waals surface area (Å²) >= 11 is 0. The molecule has 0 spiro atoms. The van der Waals surface area contributed by atoms with Crippen LogP contribution in [0.25, 0.3) is 0 Å². The normalized spacial score (nSPS) is 18.7. The lowest BCUT2D eigenvalue weighted by atomic mass is 9.80. The molecule has 1 saturated heterocycles. The van der Waals surface area contributed by atoms with Crippen LogP contribution in [0.4, 0.5) is 0 Å². The molecule has 0 bridgehead atoms. The number of methoxy groups -OCH3 is 1. The number of benzene rings is 1. The van der Waals surface area contributed by atoms with Crippen LogP contribution in [0.1, 0.15) is 25.3 Å². The first-order valence-electron chi connectivity index (χ1n) is 7.12. The molecular formula is C16H23NO3. The number of carbonyl (C=O) groups is 1. The molecule has 20 heavy (non-hydrogen) atoms. The number of rotatable bonds is 5. The third-order valence-corrected chi connectivity index (χ3v) is 4.35. The number of aliphatic carboxylic acids is 1. The third kappa shape index (κ3) is 3.51. The van der Waals surface area contributed by atoms with E-state index in [-0.39, 0.29) is 0 Å². The molecule has 1 heterocycles. The van der Waals surface area contributed by atoms with E-state index >= 15 is 0 Å². The summed E-state index contributed by atoms with van der Waals surface area (Å²) < 4.78 is 5.14. The summed E-state index contributed by atoms with van der Waals surface area (Å²) in [5.74, 6) is 0.219. The number of piperidine rings is 1. The molecule has 2 rings (SSSR count). The second-order valence-corrected chi connectivity index (χ2v) is 5.81. The summed E-state index contributed by atoms with van der Waals surface area (Å²) in [7, 11) is 1.67. The van der Waals surface area contributed by atoms with E-state index in [1.165, 1.54) is 5.56 Å². The summed E-state index contributed by atoms with van der Waals surface area (Å²) in [6, 6.07) is 8.13. The van der Waals surface area contributed by atoms with Gasteiger partial charge in [0, 0.05) is 6.54 Å². The SMILES string of the molecule is COc1ccc(CCN2CCC(C)(C(=O)O)CC2)cc1. The maximum atomic E-state index is 11.2. The number of hydrogen-bond acceptors (Lipinski definition) is 3. The lowest BCUT2D eigenvalue weighted by Crippen LogP contribution is -2.43. The zero-order valence-electron chi connectivity index (χ0n) is 12.3. The van der Waals surface area contributed by atoms with Gasteiger partial charge in [-0.3, -0.25) is 4.79 Å². The Bertz CT molecular complexity index is 447. The zero-order valence-corrected chi connectivity index (χ0v) is 12.3. The van der Waals surface area contributed by atoms with E-state index in [1.807, 2.05) is 19.1 Å². The zero-order chi connectivity index (χ0) is 14.6. The molecule has 1 N–H and O–H groups in total. The van der Waals surface area contributed by atoms with Crippen LogP contribution in [0, 0.1) is 5.41 Å². The molecule has 1 aliphatic rings. The Morgan fingerprint density at radius 2 is 1.90 bits per heavy atom. The number of carboxylic acids is 1. The predicted molar refractivity (Wildman–Crippen MR) is 78.1 cm³/mol. The van der Waals surface area contributed by atoms with Crippen molar-refractivity contribution in [2.75, 3.05) is 26.7 Å². The Hall–Kier alpha value is -1.55. The van der Waals surface area contributed by atoms with Crippen LogP contribution in [0.3, 0.4) is 0 Å². The van der Waals surface area contributed by atoms with Crippen molar-refractivity contribution < 1.29 is 14.6 Å². The molecule has 0 radical (unpaired) electrons. The molecule has 0 amide bonds. The third-order valence-electron chi connectivity index (χ3n) is 4.35. The van der Waals surface area contributed by atoms with Crippen molar-refractivity contribution in [3.63, 3.8) is 0 Å². The Morgan fingerprint density at radius 3 is 2.40 bits per heavy atom. The van der Waals surface area contributed by atoms with Crippen molar-refractivity contribution in [2.24, 2.45) is 5.41 Å². The smallest absolute Gasteiger partial charge is 0.309 e. The molecule has 1 fully saturated rings. The number of carboxylic acid groups (broad SMARTS) is 1. The summed E-state index contributed by atoms with van der Waals surface area (Å²) in [5, 5.41) is 9.21. The van der Waals surface area contributed by atoms with E-state index in [0.29, 0.717) is 0 Å². The van der Waals surface area contributed by atoms with Gasteiger partial charge in [-0.2, -0.15) is 0 Å². The first-order valence-corrected chi connectivity index (χ1v) is 7.12. The lowest BCUT2D eigenvalue weighted by molar-refractivity contribution is -0.150. The highest BCUT2D eigenvalue weighted by Crippen LogP contribution is 2.31. The molecule has 1 aromatic carbocycles. The summed E-state index contributed by atoms with van der Waals surface area (Å²) in [6.45, 7) is 4.59. The van der Waals surface area contributed by atoms with E-state index in [1.54, 1.807) is 7.11 Å². The Balaban J connectivity index is 1.79. The Kier molecular flexibility index (Phi) is 4.65. The molecule has 1 aromatic rings. The summed E-state index contributed by atoms with van der Waals surface area (Å²) in [6.07, 6.45) is 2.48. The van der Waals surface area contributed by atoms with Gasteiger partial charge in [0.2, 0.25) is 0 Å². The van der Waals surface area contributed by atoms with Gasteiger partial charge >= 0.3 is 5.97 Å². The number of nitrogens with zero attached hydrogens (tertiary/aromatic N) is 1. The van der Waals surface area contributed by atoms with Crippen LogP contribution in [-0.4, -0.2) is 42.7 Å². The van der Waals surface area contributed by atoms with Crippen molar-refractivity contribution in [1.29, 1.82) is 0 Å². The van der Waals surface area contributed by atoms with Crippen LogP contribution in [0.5, 0.6) is 5.75 Å². The van der Waals surface area contributed by atoms with Crippen LogP contribution < -0.4 is 4.74 Å². The van der Waals surface area contributed by atoms with Crippen LogP contribution in [0.2, 0.25) is 0 Å². The van der Waals surface area contributed by atoms with Crippen molar-refractivity contribution in [1.82, 2.24) is 4.90 Å². The van der Waals surface area contributed by atoms with Gasteiger partial charge in [0.15, 0.2) is 0 Å². The molecule has 4 nitrogen and oxygen atoms in total. The van der Waals surface area contributed by atoms with Crippen LogP contribution in [0.15, 0.2) is 24.3 Å². The standard InChI is InChI=1S/C16H23NO3/c1-16(15(18)19)8-11-17(12-9-16)10-7-13-3-5-14(20-2)6-4-13/h3-6H,7-12H2,1-2H3,(H,18,19). The maximum Gasteiger partial charge on any atom is 0.309 e. The average Bonchev–Trinajstić information content (AvgIpc) is 2.47. The van der Waals surface area contributed by atoms with E-state index in [9.17, 15) is 9.90 Å². The quantitative estimate of drug-likeness (QED) is 0.898. The molecule has 0 saturated carbocycles. The van der Waals surface area contributed by atoms with Crippen molar-refractivity contribution in [3.05, 3.63) is 29.8 Å². The number of hydrogen-bond donors (Lipinski definition) is 1. The molecular weight excluding hydrogens is 254 g/mol. The minimum atomic E-state index is -0.660. The van der Waals surface area contributed by atoms with Gasteiger partial charge in [0.1, 0.15) is 5.75 Å². The van der Waals surface area contributed by atoms with Gasteiger partial charge in [-0.25, -0.2) is 0 Å². The minimum Gasteiger partial charge on any atom is -0.497 e. The lowest BCUT2D eigenvalue weighted by Gasteiger charge is -2.36. The fourth-order valence-electron chi connectivity index (χ4n) is 2.56. The first kappa shape index (κ1) is 14.9. The van der Waals surface area contributed by atoms with Gasteiger partial charge in [-0.15, -0.1) is 0 Å². The van der Waals surface area contributed by atoms with Crippen LogP contribution in [-0.2, 0) is 11.2 Å². The fraction of sp³-hybridized carbons (Fsp3) is 0.562. The molecule has 0 unspecified atom stereocenters. The largest absolute Gasteiger partial charge is 0.497 e. The number of likely N-dealkylation sites (tertiary alicyclic amines) is 1. The van der Waals surface area contributed by atoms with Gasteiger partial charge < -0.3 is 14.7 Å². The number of ether oxygens (including phenoxy) is 1. The summed E-state index contributed by atoms with van der Waals surface area (Å²) in [5.41, 5.74) is 0.758. The molecule has 1 aliphatic heterocycles. The second-order valence-electron chi connectivity index (χ2n) is 5.81. The first-order chi connectivity index (χ1) is 9.53. The van der Waals surface area contributed by atoms with Gasteiger partial charge in [0.05, 0.1) is 12.5 Å². The topological polar surface area (TPSA) is 49.8 Å². The highest BCUT2D eigenvalue weighted by atomic mass is 16.5. The highest BCUT2D eigenvalue weighted by Gasteiger charge is 2.36. The van der Waals surface area contributed by atoms with E-state index < -0.39 is 11.4 Å². The van der Waals surface area contributed by atoms with Gasteiger partial charge in [-0.1, -0.05) is 12.1 Å². The second kappa shape index (κ2) is 6.27. The highest BCUT2D eigenvalue weighted by molar-refractivity contribution is 5.74.